The van der Waals surface area contributed by atoms with Crippen molar-refractivity contribution in [1.29, 1.82) is 0 Å². The van der Waals surface area contributed by atoms with Crippen LogP contribution in [0.15, 0.2) is 17.0 Å². The molecule has 5 nitrogen and oxygen atoms in total. The van der Waals surface area contributed by atoms with E-state index in [-0.39, 0.29) is 0 Å². The molecule has 0 aliphatic rings. The van der Waals surface area contributed by atoms with Gasteiger partial charge in [0.25, 0.3) is 0 Å². The Hall–Kier alpha value is -0.353. The number of hydrogen-bond acceptors (Lipinski definition) is 5. The van der Waals surface area contributed by atoms with Gasteiger partial charge >= 0.3 is 8.80 Å². The first kappa shape index (κ1) is 21.7. The van der Waals surface area contributed by atoms with Crippen LogP contribution in [0.3, 0.4) is 0 Å². The van der Waals surface area contributed by atoms with Gasteiger partial charge in [-0.3, -0.25) is 0 Å². The van der Waals surface area contributed by atoms with Crippen molar-refractivity contribution in [2.24, 2.45) is 0 Å². The topological polar surface area (TPSA) is 65.0 Å². The fourth-order valence-corrected chi connectivity index (χ4v) is 6.59. The molecule has 24 heavy (non-hydrogen) atoms. The Balaban J connectivity index is 3.05. The lowest BCUT2D eigenvalue weighted by Crippen LogP contribution is -2.46. The van der Waals surface area contributed by atoms with Gasteiger partial charge in [0, 0.05) is 37.1 Å². The molecule has 138 valence electrons. The summed E-state index contributed by atoms with van der Waals surface area (Å²) in [6.45, 7) is 11.2. The predicted octanol–water partition coefficient (Wildman–Crippen LogP) is 3.47. The van der Waals surface area contributed by atoms with Crippen LogP contribution in [0.1, 0.15) is 37.5 Å². The predicted molar refractivity (Wildman–Crippen MR) is 101 cm³/mol. The van der Waals surface area contributed by atoms with Gasteiger partial charge in [0.05, 0.1) is 4.90 Å². The molecule has 1 aromatic carbocycles. The van der Waals surface area contributed by atoms with E-state index in [1.54, 1.807) is 6.07 Å². The highest BCUT2D eigenvalue weighted by atomic mass is 32.8. The summed E-state index contributed by atoms with van der Waals surface area (Å²) in [5.41, 5.74) is 2.84. The Morgan fingerprint density at radius 1 is 1.04 bits per heavy atom. The Morgan fingerprint density at radius 3 is 1.96 bits per heavy atom. The van der Waals surface area contributed by atoms with Crippen LogP contribution in [0.25, 0.3) is 0 Å². The molecule has 0 amide bonds. The maximum absolute atomic E-state index is 11.8. The summed E-state index contributed by atoms with van der Waals surface area (Å²) in [4.78, 5) is 0.321. The Morgan fingerprint density at radius 2 is 1.54 bits per heavy atom. The highest BCUT2D eigenvalue weighted by Gasteiger charge is 2.40. The van der Waals surface area contributed by atoms with Crippen LogP contribution in [-0.2, 0) is 39.7 Å². The van der Waals surface area contributed by atoms with Gasteiger partial charge in [-0.05, 0) is 63.8 Å². The van der Waals surface area contributed by atoms with E-state index < -0.39 is 17.6 Å². The minimum absolute atomic E-state index is 0.321. The van der Waals surface area contributed by atoms with Gasteiger partial charge in [-0.2, -0.15) is 0 Å². The first-order chi connectivity index (χ1) is 11.2. The summed E-state index contributed by atoms with van der Waals surface area (Å²) in [5.74, 6) is 0. The van der Waals surface area contributed by atoms with E-state index in [4.69, 9.17) is 24.5 Å². The average Bonchev–Trinajstić information content (AvgIpc) is 2.48. The minimum Gasteiger partial charge on any atom is -0.374 e. The lowest BCUT2D eigenvalue weighted by Gasteiger charge is -2.28. The molecule has 0 heterocycles. The second-order valence-electron chi connectivity index (χ2n) is 5.43. The fraction of sp³-hybridized carbons (Fsp3) is 0.625. The average molecular weight is 393 g/mol. The zero-order valence-corrected chi connectivity index (χ0v) is 17.7. The van der Waals surface area contributed by atoms with Crippen molar-refractivity contribution >= 4 is 28.8 Å². The van der Waals surface area contributed by atoms with Crippen molar-refractivity contribution < 1.29 is 22.0 Å². The number of benzene rings is 1. The van der Waals surface area contributed by atoms with E-state index in [9.17, 15) is 8.76 Å². The molecule has 0 aromatic heterocycles. The van der Waals surface area contributed by atoms with Crippen molar-refractivity contribution in [3.63, 3.8) is 0 Å². The molecule has 0 saturated carbocycles. The summed E-state index contributed by atoms with van der Waals surface area (Å²) in [7, 11) is -6.07. The van der Waals surface area contributed by atoms with Crippen LogP contribution < -0.4 is 0 Å². The zero-order valence-electron chi connectivity index (χ0n) is 15.1. The molecule has 8 heteroatoms. The van der Waals surface area contributed by atoms with Crippen molar-refractivity contribution in [2.75, 3.05) is 19.8 Å². The van der Waals surface area contributed by atoms with Gasteiger partial charge in [-0.25, -0.2) is 4.21 Å². The third-order valence-corrected chi connectivity index (χ3v) is 8.51. The highest BCUT2D eigenvalue weighted by molar-refractivity contribution is 8.29. The molecule has 0 spiro atoms. The maximum atomic E-state index is 11.8. The summed E-state index contributed by atoms with van der Waals surface area (Å²) in [6.07, 6.45) is 0.725. The van der Waals surface area contributed by atoms with Crippen LogP contribution in [0, 0.1) is 13.8 Å². The third kappa shape index (κ3) is 5.59. The summed E-state index contributed by atoms with van der Waals surface area (Å²) < 4.78 is 39.0. The second kappa shape index (κ2) is 9.37. The smallest absolute Gasteiger partial charge is 0.374 e. The third-order valence-electron chi connectivity index (χ3n) is 3.92. The molecule has 0 aliphatic carbocycles. The molecule has 0 aliphatic heterocycles. The van der Waals surface area contributed by atoms with Crippen LogP contribution >= 0.6 is 0 Å². The second-order valence-corrected chi connectivity index (χ2v) is 10.9. The first-order valence-corrected chi connectivity index (χ1v) is 12.6. The molecule has 1 aromatic rings. The molecule has 1 unspecified atom stereocenters. The van der Waals surface area contributed by atoms with Crippen molar-refractivity contribution in [3.05, 3.63) is 28.8 Å². The van der Waals surface area contributed by atoms with Gasteiger partial charge < -0.3 is 17.8 Å². The number of aryl methyl sites for hydroxylation is 1. The largest absolute Gasteiger partial charge is 0.501 e. The van der Waals surface area contributed by atoms with E-state index >= 15 is 0 Å². The van der Waals surface area contributed by atoms with Crippen LogP contribution in [-0.4, -0.2) is 37.4 Å². The van der Waals surface area contributed by atoms with Crippen LogP contribution in [0.2, 0.25) is 6.04 Å². The molecule has 1 rings (SSSR count). The first-order valence-electron chi connectivity index (χ1n) is 8.19. The van der Waals surface area contributed by atoms with Crippen LogP contribution in [0.4, 0.5) is 0 Å². The van der Waals surface area contributed by atoms with Crippen molar-refractivity contribution in [1.82, 2.24) is 0 Å². The Kier molecular flexibility index (Phi) is 8.47. The summed E-state index contributed by atoms with van der Waals surface area (Å²) in [5, 5.41) is 0. The lowest BCUT2D eigenvalue weighted by molar-refractivity contribution is 0.0714. The monoisotopic (exact) mass is 392 g/mol. The maximum Gasteiger partial charge on any atom is 0.501 e. The normalized spacial score (nSPS) is 14.6. The zero-order chi connectivity index (χ0) is 18.4. The molecule has 0 fully saturated rings. The van der Waals surface area contributed by atoms with Gasteiger partial charge in [0.1, 0.15) is 0 Å². The molecular weight excluding hydrogens is 364 g/mol. The van der Waals surface area contributed by atoms with E-state index in [1.165, 1.54) is 0 Å². The summed E-state index contributed by atoms with van der Waals surface area (Å²) >= 11 is 4.70. The minimum atomic E-state index is -3.37. The van der Waals surface area contributed by atoms with E-state index in [0.717, 1.165) is 23.1 Å². The number of hydrogen-bond donors (Lipinski definition) is 1. The highest BCUT2D eigenvalue weighted by Crippen LogP contribution is 2.26. The number of rotatable bonds is 10. The van der Waals surface area contributed by atoms with Crippen LogP contribution in [0.5, 0.6) is 0 Å². The van der Waals surface area contributed by atoms with E-state index in [2.05, 4.69) is 0 Å². The SMILES string of the molecule is CCO[Si](CCc1ccc(S(=O)(O)=S)c(C)c1C)(OCC)OCC. The summed E-state index contributed by atoms with van der Waals surface area (Å²) in [6, 6.07) is 4.19. The van der Waals surface area contributed by atoms with Gasteiger partial charge in [0.2, 0.25) is 0 Å². The molecule has 0 bridgehead atoms. The molecular formula is C16H28O5S2Si. The molecule has 0 saturated heterocycles. The Bertz CT molecular complexity index is 629. The van der Waals surface area contributed by atoms with Crippen molar-refractivity contribution in [3.8, 4) is 0 Å². The van der Waals surface area contributed by atoms with Crippen molar-refractivity contribution in [2.45, 2.75) is 52.0 Å². The molecule has 1 N–H and O–H groups in total. The quantitative estimate of drug-likeness (QED) is 0.615. The van der Waals surface area contributed by atoms with E-state index in [0.29, 0.717) is 30.8 Å². The Labute approximate surface area is 151 Å². The fourth-order valence-electron chi connectivity index (χ4n) is 2.69. The molecule has 0 radical (unpaired) electrons. The standard InChI is InChI=1S/C16H28O5S2Si/c1-6-19-24(20-7-2,21-8-3)12-11-15-9-10-16(23(17,18)22)14(5)13(15)4/h9-10H,6-8,11-12H2,1-5H3,(H,17,18,22). The molecule has 1 atom stereocenters. The van der Waals surface area contributed by atoms with Gasteiger partial charge in [-0.15, -0.1) is 0 Å². The lowest BCUT2D eigenvalue weighted by atomic mass is 10.0. The van der Waals surface area contributed by atoms with E-state index in [1.807, 2.05) is 40.7 Å². The van der Waals surface area contributed by atoms with Gasteiger partial charge in [0.15, 0.2) is 8.77 Å². The van der Waals surface area contributed by atoms with Gasteiger partial charge in [-0.1, -0.05) is 6.07 Å².